The molecule has 0 fully saturated rings. The Hall–Kier alpha value is -1.81. The molecule has 0 amide bonds. The van der Waals surface area contributed by atoms with E-state index in [0.29, 0.717) is 5.56 Å². The van der Waals surface area contributed by atoms with E-state index >= 15 is 0 Å². The summed E-state index contributed by atoms with van der Waals surface area (Å²) in [6.07, 6.45) is 0. The van der Waals surface area contributed by atoms with Crippen LogP contribution in [0.25, 0.3) is 0 Å². The topological polar surface area (TPSA) is 46.5 Å². The minimum atomic E-state index is -0.524. The molecule has 1 N–H and O–H groups in total. The van der Waals surface area contributed by atoms with Gasteiger partial charge in [0.1, 0.15) is 17.9 Å². The van der Waals surface area contributed by atoms with Crippen molar-refractivity contribution in [3.8, 4) is 5.75 Å². The number of phenols is 1. The molecule has 19 heavy (non-hydrogen) atoms. The van der Waals surface area contributed by atoms with Gasteiger partial charge in [-0.05, 0) is 36.2 Å². The van der Waals surface area contributed by atoms with Crippen LogP contribution in [0.15, 0.2) is 46.9 Å². The van der Waals surface area contributed by atoms with Crippen LogP contribution in [0.4, 0.5) is 0 Å². The average molecular weight is 321 g/mol. The zero-order valence-corrected chi connectivity index (χ0v) is 12.0. The molecule has 0 radical (unpaired) electrons. The van der Waals surface area contributed by atoms with Gasteiger partial charge >= 0.3 is 5.97 Å². The first kappa shape index (κ1) is 13.6. The van der Waals surface area contributed by atoms with Crippen LogP contribution < -0.4 is 0 Å². The van der Waals surface area contributed by atoms with Gasteiger partial charge < -0.3 is 9.84 Å². The lowest BCUT2D eigenvalue weighted by Crippen LogP contribution is -2.06. The second kappa shape index (κ2) is 5.89. The third-order valence-corrected chi connectivity index (χ3v) is 3.27. The zero-order valence-electron chi connectivity index (χ0n) is 10.4. The maximum atomic E-state index is 11.9. The third-order valence-electron chi connectivity index (χ3n) is 2.74. The van der Waals surface area contributed by atoms with Crippen LogP contribution in [0.5, 0.6) is 5.75 Å². The summed E-state index contributed by atoms with van der Waals surface area (Å²) in [5.41, 5.74) is 1.74. The smallest absolute Gasteiger partial charge is 0.342 e. The Bertz CT molecular complexity index is 591. The quantitative estimate of drug-likeness (QED) is 0.874. The summed E-state index contributed by atoms with van der Waals surface area (Å²) < 4.78 is 6.15. The van der Waals surface area contributed by atoms with Gasteiger partial charge in [0, 0.05) is 4.47 Å². The van der Waals surface area contributed by atoms with Crippen molar-refractivity contribution in [2.75, 3.05) is 0 Å². The largest absolute Gasteiger partial charge is 0.507 e. The lowest BCUT2D eigenvalue weighted by Gasteiger charge is -2.08. The molecule has 2 aromatic rings. The van der Waals surface area contributed by atoms with Crippen LogP contribution in [0.1, 0.15) is 21.5 Å². The molecule has 0 unspecified atom stereocenters. The number of hydrogen-bond donors (Lipinski definition) is 1. The number of carbonyl (C=O) groups is 1. The highest BCUT2D eigenvalue weighted by atomic mass is 79.9. The molecule has 2 aromatic carbocycles. The number of ether oxygens (including phenoxy) is 1. The fourth-order valence-corrected chi connectivity index (χ4v) is 1.90. The van der Waals surface area contributed by atoms with E-state index in [-0.39, 0.29) is 17.9 Å². The summed E-state index contributed by atoms with van der Waals surface area (Å²) in [5.74, 6) is -0.549. The molecule has 0 saturated carbocycles. The zero-order chi connectivity index (χ0) is 13.8. The van der Waals surface area contributed by atoms with Gasteiger partial charge in [-0.3, -0.25) is 0 Å². The first-order valence-electron chi connectivity index (χ1n) is 5.78. The fourth-order valence-electron chi connectivity index (χ4n) is 1.63. The van der Waals surface area contributed by atoms with E-state index in [9.17, 15) is 9.90 Å². The van der Waals surface area contributed by atoms with Crippen LogP contribution >= 0.6 is 15.9 Å². The number of phenolic OH excluding ortho intramolecular Hbond substituents is 1. The fraction of sp³-hybridized carbons (Fsp3) is 0.133. The highest BCUT2D eigenvalue weighted by Gasteiger charge is 2.13. The highest BCUT2D eigenvalue weighted by molar-refractivity contribution is 9.10. The summed E-state index contributed by atoms with van der Waals surface area (Å²) in [7, 11) is 0. The van der Waals surface area contributed by atoms with Gasteiger partial charge in [0.2, 0.25) is 0 Å². The van der Waals surface area contributed by atoms with E-state index in [1.807, 2.05) is 24.3 Å². The van der Waals surface area contributed by atoms with Crippen LogP contribution in [-0.4, -0.2) is 11.1 Å². The van der Waals surface area contributed by atoms with Crippen molar-refractivity contribution in [1.82, 2.24) is 0 Å². The van der Waals surface area contributed by atoms with E-state index in [4.69, 9.17) is 4.74 Å². The number of esters is 1. The van der Waals surface area contributed by atoms with Crippen molar-refractivity contribution in [2.24, 2.45) is 0 Å². The number of carbonyl (C=O) groups excluding carboxylic acids is 1. The standard InChI is InChI=1S/C15H13BrO3/c1-10-3-2-4-13(14(10)17)15(18)19-9-11-5-7-12(16)8-6-11/h2-8,17H,9H2,1H3. The van der Waals surface area contributed by atoms with Crippen LogP contribution in [0, 0.1) is 6.92 Å². The Morgan fingerprint density at radius 3 is 2.58 bits per heavy atom. The second-order valence-corrected chi connectivity index (χ2v) is 5.09. The highest BCUT2D eigenvalue weighted by Crippen LogP contribution is 2.22. The summed E-state index contributed by atoms with van der Waals surface area (Å²) >= 11 is 3.34. The maximum absolute atomic E-state index is 11.9. The van der Waals surface area contributed by atoms with E-state index in [1.165, 1.54) is 0 Å². The number of aromatic hydroxyl groups is 1. The molecular weight excluding hydrogens is 308 g/mol. The van der Waals surface area contributed by atoms with Gasteiger partial charge in [0.25, 0.3) is 0 Å². The molecule has 0 bridgehead atoms. The summed E-state index contributed by atoms with van der Waals surface area (Å²) in [5, 5.41) is 9.79. The molecule has 3 nitrogen and oxygen atoms in total. The van der Waals surface area contributed by atoms with E-state index in [1.54, 1.807) is 25.1 Å². The molecule has 0 heterocycles. The average Bonchev–Trinajstić information content (AvgIpc) is 2.41. The molecule has 0 aromatic heterocycles. The normalized spacial score (nSPS) is 10.2. The van der Waals surface area contributed by atoms with Gasteiger partial charge in [-0.25, -0.2) is 4.79 Å². The number of benzene rings is 2. The molecule has 0 saturated heterocycles. The van der Waals surface area contributed by atoms with Crippen LogP contribution in [0.3, 0.4) is 0 Å². The molecule has 0 aliphatic heterocycles. The van der Waals surface area contributed by atoms with Crippen LogP contribution in [0.2, 0.25) is 0 Å². The van der Waals surface area contributed by atoms with Gasteiger partial charge in [-0.2, -0.15) is 0 Å². The van der Waals surface area contributed by atoms with Crippen molar-refractivity contribution < 1.29 is 14.6 Å². The molecular formula is C15H13BrO3. The number of para-hydroxylation sites is 1. The molecule has 0 aliphatic rings. The summed E-state index contributed by atoms with van der Waals surface area (Å²) in [6, 6.07) is 12.5. The second-order valence-electron chi connectivity index (χ2n) is 4.17. The predicted octanol–water partition coefficient (Wildman–Crippen LogP) is 3.82. The summed E-state index contributed by atoms with van der Waals surface area (Å²) in [6.45, 7) is 1.92. The SMILES string of the molecule is Cc1cccc(C(=O)OCc2ccc(Br)cc2)c1O. The number of hydrogen-bond acceptors (Lipinski definition) is 3. The van der Waals surface area contributed by atoms with Crippen molar-refractivity contribution in [2.45, 2.75) is 13.5 Å². The maximum Gasteiger partial charge on any atom is 0.342 e. The third kappa shape index (κ3) is 3.35. The Labute approximate surface area is 120 Å². The molecule has 2 rings (SSSR count). The van der Waals surface area contributed by atoms with Crippen molar-refractivity contribution in [1.29, 1.82) is 0 Å². The minimum Gasteiger partial charge on any atom is -0.507 e. The Morgan fingerprint density at radius 2 is 1.89 bits per heavy atom. The van der Waals surface area contributed by atoms with Crippen molar-refractivity contribution in [3.05, 3.63) is 63.6 Å². The molecule has 98 valence electrons. The monoisotopic (exact) mass is 320 g/mol. The summed E-state index contributed by atoms with van der Waals surface area (Å²) in [4.78, 5) is 11.9. The first-order chi connectivity index (χ1) is 9.08. The van der Waals surface area contributed by atoms with Gasteiger partial charge in [0.05, 0.1) is 0 Å². The number of halogens is 1. The number of rotatable bonds is 3. The van der Waals surface area contributed by atoms with Crippen molar-refractivity contribution in [3.63, 3.8) is 0 Å². The minimum absolute atomic E-state index is 0.0247. The Morgan fingerprint density at radius 1 is 1.21 bits per heavy atom. The van der Waals surface area contributed by atoms with E-state index < -0.39 is 5.97 Å². The van der Waals surface area contributed by atoms with Gasteiger partial charge in [0.15, 0.2) is 0 Å². The molecule has 0 spiro atoms. The van der Waals surface area contributed by atoms with Gasteiger partial charge in [-0.15, -0.1) is 0 Å². The predicted molar refractivity (Wildman–Crippen MR) is 76.1 cm³/mol. The Balaban J connectivity index is 2.05. The van der Waals surface area contributed by atoms with E-state index in [0.717, 1.165) is 10.0 Å². The first-order valence-corrected chi connectivity index (χ1v) is 6.57. The Kier molecular flexibility index (Phi) is 4.22. The van der Waals surface area contributed by atoms with Crippen molar-refractivity contribution >= 4 is 21.9 Å². The lowest BCUT2D eigenvalue weighted by atomic mass is 10.1. The molecule has 0 atom stereocenters. The lowest BCUT2D eigenvalue weighted by molar-refractivity contribution is 0.0469. The van der Waals surface area contributed by atoms with E-state index in [2.05, 4.69) is 15.9 Å². The van der Waals surface area contributed by atoms with Crippen LogP contribution in [-0.2, 0) is 11.3 Å². The molecule has 0 aliphatic carbocycles. The number of aryl methyl sites for hydroxylation is 1. The van der Waals surface area contributed by atoms with Gasteiger partial charge in [-0.1, -0.05) is 40.2 Å². The molecule has 4 heteroatoms.